The third-order valence-electron chi connectivity index (χ3n) is 5.58. The summed E-state index contributed by atoms with van der Waals surface area (Å²) in [5.41, 5.74) is 9.70. The minimum Gasteiger partial charge on any atom is -0.179 e. The van der Waals surface area contributed by atoms with Crippen molar-refractivity contribution in [2.75, 3.05) is 0 Å². The van der Waals surface area contributed by atoms with Crippen molar-refractivity contribution >= 4 is 3.21 Å². The molecule has 3 aromatic carbocycles. The number of aryl methyl sites for hydroxylation is 3. The molecule has 0 amide bonds. The zero-order valence-corrected chi connectivity index (χ0v) is 22.2. The third-order valence-corrected chi connectivity index (χ3v) is 6.81. The maximum Gasteiger partial charge on any atom is -0.0253 e. The van der Waals surface area contributed by atoms with Crippen LogP contribution < -0.4 is 24.8 Å². The largest absolute Gasteiger partial charge is 0.179 e. The molecular weight excluding hydrogens is 486 g/mol. The molecule has 0 nitrogen and oxygen atoms in total. The second-order valence-electron chi connectivity index (χ2n) is 7.96. The topological polar surface area (TPSA) is 0 Å². The normalized spacial score (nSPS) is 13.3. The Labute approximate surface area is 210 Å². The van der Waals surface area contributed by atoms with Crippen LogP contribution in [0.25, 0.3) is 11.1 Å². The summed E-state index contributed by atoms with van der Waals surface area (Å²) in [6.45, 7) is 6.41. The average Bonchev–Trinajstić information content (AvgIpc) is 3.22. The summed E-state index contributed by atoms with van der Waals surface area (Å²) in [6, 6.07) is 22.5. The molecule has 0 bridgehead atoms. The molecule has 1 fully saturated rings. The van der Waals surface area contributed by atoms with Crippen molar-refractivity contribution in [3.63, 3.8) is 0 Å². The van der Waals surface area contributed by atoms with E-state index in [1.165, 1.54) is 71.0 Å². The Morgan fingerprint density at radius 3 is 2.07 bits per heavy atom. The van der Waals surface area contributed by atoms with E-state index in [0.29, 0.717) is 0 Å². The third kappa shape index (κ3) is 7.67. The first-order valence-corrected chi connectivity index (χ1v) is 11.6. The van der Waals surface area contributed by atoms with Gasteiger partial charge in [0.25, 0.3) is 0 Å². The molecule has 1 saturated carbocycles. The molecule has 0 atom stereocenters. The smallest absolute Gasteiger partial charge is 0.0253 e. The Bertz CT molecular complexity index is 869. The van der Waals surface area contributed by atoms with E-state index in [4.69, 9.17) is 0 Å². The van der Waals surface area contributed by atoms with Gasteiger partial charge in [-0.1, -0.05) is 56.2 Å². The van der Waals surface area contributed by atoms with Gasteiger partial charge in [-0.3, -0.25) is 0 Å². The molecule has 3 aromatic rings. The summed E-state index contributed by atoms with van der Waals surface area (Å²) in [6.07, 6.45) is 8.36. The van der Waals surface area contributed by atoms with Crippen LogP contribution in [0.15, 0.2) is 54.6 Å². The first-order chi connectivity index (χ1) is 13.5. The van der Waals surface area contributed by atoms with Gasteiger partial charge in [-0.2, -0.15) is 52.6 Å². The molecular formula is C27H30Cl2Zr-2. The van der Waals surface area contributed by atoms with E-state index in [0.717, 1.165) is 6.42 Å². The van der Waals surface area contributed by atoms with Crippen LogP contribution in [0.1, 0.15) is 59.9 Å². The fraction of sp³-hybridized carbons (Fsp3) is 0.333. The van der Waals surface area contributed by atoms with Gasteiger partial charge in [0.2, 0.25) is 0 Å². The molecule has 0 N–H and O–H groups in total. The van der Waals surface area contributed by atoms with Gasteiger partial charge < -0.3 is 24.8 Å². The molecule has 0 heterocycles. The van der Waals surface area contributed by atoms with Crippen molar-refractivity contribution < 1.29 is 49.0 Å². The van der Waals surface area contributed by atoms with Crippen molar-refractivity contribution in [2.24, 2.45) is 0 Å². The van der Waals surface area contributed by atoms with Crippen LogP contribution in [0.3, 0.4) is 0 Å². The number of benzene rings is 2. The molecule has 158 valence electrons. The number of fused-ring (bicyclic) bond motifs is 3. The SMILES string of the molecule is Cc1cc(C)c(C)[cH-]1.[Cl-].[Cl-].[Zr+2]=[C]1CCCCC1.[c-]1cccc2c1Cc1ccccc1-2. The maximum atomic E-state index is 3.30. The van der Waals surface area contributed by atoms with E-state index in [9.17, 15) is 0 Å². The van der Waals surface area contributed by atoms with E-state index in [-0.39, 0.29) is 24.8 Å². The molecule has 0 saturated heterocycles. The predicted molar refractivity (Wildman–Crippen MR) is 118 cm³/mol. The zero-order chi connectivity index (χ0) is 19.9. The fourth-order valence-corrected chi connectivity index (χ4v) is 4.80. The standard InChI is InChI=1S/C13H9.C8H11.C6H10.2ClH.Zr/c1-3-7-12-10(5-1)9-11-6-2-4-8-13(11)12;1-6-4-7(2)8(3)5-6;1-2-4-6-5-3-1;;;/h1-5,7-8H,9H2;4-5H,1-3H3;1-5H2;2*1H;/q2*-1;;;;+2/p-2. The van der Waals surface area contributed by atoms with Gasteiger partial charge in [0, 0.05) is 0 Å². The van der Waals surface area contributed by atoms with Gasteiger partial charge in [0.1, 0.15) is 0 Å². The maximum absolute atomic E-state index is 3.30. The van der Waals surface area contributed by atoms with Crippen LogP contribution in [0.5, 0.6) is 0 Å². The second kappa shape index (κ2) is 13.5. The molecule has 30 heavy (non-hydrogen) atoms. The fourth-order valence-electron chi connectivity index (χ4n) is 3.93. The molecule has 0 aromatic heterocycles. The Morgan fingerprint density at radius 2 is 1.53 bits per heavy atom. The Morgan fingerprint density at radius 1 is 0.867 bits per heavy atom. The van der Waals surface area contributed by atoms with Crippen LogP contribution in [-0.4, -0.2) is 3.21 Å². The summed E-state index contributed by atoms with van der Waals surface area (Å²) in [7, 11) is 0. The molecule has 3 heteroatoms. The van der Waals surface area contributed by atoms with Gasteiger partial charge in [-0.25, -0.2) is 6.07 Å². The minimum absolute atomic E-state index is 0. The van der Waals surface area contributed by atoms with Gasteiger partial charge in [-0.15, -0.1) is 5.56 Å². The van der Waals surface area contributed by atoms with Crippen LogP contribution in [0.4, 0.5) is 0 Å². The van der Waals surface area contributed by atoms with Crippen molar-refractivity contribution in [1.82, 2.24) is 0 Å². The molecule has 2 aliphatic rings. The van der Waals surface area contributed by atoms with E-state index in [1.54, 1.807) is 27.4 Å². The molecule has 5 rings (SSSR count). The van der Waals surface area contributed by atoms with Crippen LogP contribution in [0, 0.1) is 26.8 Å². The van der Waals surface area contributed by atoms with Crippen molar-refractivity contribution in [1.29, 1.82) is 0 Å². The first-order valence-electron chi connectivity index (χ1n) is 10.4. The molecule has 0 unspecified atom stereocenters. The Kier molecular flexibility index (Phi) is 12.2. The summed E-state index contributed by atoms with van der Waals surface area (Å²) in [4.78, 5) is 0. The summed E-state index contributed by atoms with van der Waals surface area (Å²) >= 11 is 1.69. The van der Waals surface area contributed by atoms with E-state index >= 15 is 0 Å². The second-order valence-corrected chi connectivity index (χ2v) is 9.70. The van der Waals surface area contributed by atoms with Crippen LogP contribution in [0.2, 0.25) is 0 Å². The summed E-state index contributed by atoms with van der Waals surface area (Å²) < 4.78 is 1.80. The monoisotopic (exact) mass is 514 g/mol. The molecule has 0 radical (unpaired) electrons. The van der Waals surface area contributed by atoms with Crippen molar-refractivity contribution in [3.8, 4) is 11.1 Å². The quantitative estimate of drug-likeness (QED) is 0.307. The first kappa shape index (κ1) is 27.2. The van der Waals surface area contributed by atoms with E-state index < -0.39 is 0 Å². The van der Waals surface area contributed by atoms with E-state index in [2.05, 4.69) is 75.4 Å². The van der Waals surface area contributed by atoms with E-state index in [1.807, 2.05) is 6.07 Å². The molecule has 0 spiro atoms. The van der Waals surface area contributed by atoms with Crippen LogP contribution >= 0.6 is 0 Å². The predicted octanol–water partition coefficient (Wildman–Crippen LogP) is 1.07. The van der Waals surface area contributed by atoms with Gasteiger partial charge >= 0.3 is 59.5 Å². The zero-order valence-electron chi connectivity index (χ0n) is 18.2. The van der Waals surface area contributed by atoms with Crippen molar-refractivity contribution in [2.45, 2.75) is 59.3 Å². The van der Waals surface area contributed by atoms with Gasteiger partial charge in [0.05, 0.1) is 0 Å². The molecule has 2 aliphatic carbocycles. The Hall–Kier alpha value is -0.877. The van der Waals surface area contributed by atoms with Crippen LogP contribution in [-0.2, 0) is 30.7 Å². The number of halogens is 2. The summed E-state index contributed by atoms with van der Waals surface area (Å²) in [5, 5.41) is 0. The number of rotatable bonds is 0. The average molecular weight is 517 g/mol. The summed E-state index contributed by atoms with van der Waals surface area (Å²) in [5.74, 6) is 0. The molecule has 0 aliphatic heterocycles. The Balaban J connectivity index is 0.000000233. The number of hydrogen-bond acceptors (Lipinski definition) is 0. The number of hydrogen-bond donors (Lipinski definition) is 0. The van der Waals surface area contributed by atoms with Crippen molar-refractivity contribution in [3.05, 3.63) is 88.5 Å². The van der Waals surface area contributed by atoms with Gasteiger partial charge in [-0.05, 0) is 6.42 Å². The minimum atomic E-state index is 0. The van der Waals surface area contributed by atoms with Gasteiger partial charge in [0.15, 0.2) is 0 Å².